The van der Waals surface area contributed by atoms with E-state index in [2.05, 4.69) is 11.2 Å². The number of benzene rings is 1. The molecule has 1 unspecified atom stereocenters. The van der Waals surface area contributed by atoms with E-state index in [1.54, 1.807) is 12.1 Å². The molecule has 0 bridgehead atoms. The number of urea groups is 1. The number of rotatable bonds is 4. The van der Waals surface area contributed by atoms with Crippen LogP contribution in [-0.4, -0.2) is 95.9 Å². The Morgan fingerprint density at radius 2 is 2.00 bits per heavy atom. The highest BCUT2D eigenvalue weighted by molar-refractivity contribution is 6.05. The summed E-state index contributed by atoms with van der Waals surface area (Å²) in [6, 6.07) is 6.25. The van der Waals surface area contributed by atoms with Gasteiger partial charge in [0.15, 0.2) is 0 Å². The number of hydrogen-bond acceptors (Lipinski definition) is 6. The lowest BCUT2D eigenvalue weighted by atomic mass is 10.2. The fraction of sp³-hybridized carbons (Fsp3) is 0.450. The topological polar surface area (TPSA) is 106 Å². The molecule has 0 aliphatic carbocycles. The zero-order valence-corrected chi connectivity index (χ0v) is 16.4. The van der Waals surface area contributed by atoms with Gasteiger partial charge in [0.05, 0.1) is 6.54 Å². The van der Waals surface area contributed by atoms with E-state index in [0.717, 1.165) is 10.6 Å². The Balaban J connectivity index is 1.56. The third-order valence-electron chi connectivity index (χ3n) is 5.64. The van der Waals surface area contributed by atoms with Crippen molar-refractivity contribution in [2.24, 2.45) is 0 Å². The summed E-state index contributed by atoms with van der Waals surface area (Å²) in [5, 5.41) is 12.8. The maximum absolute atomic E-state index is 13.0. The summed E-state index contributed by atoms with van der Waals surface area (Å²) in [4.78, 5) is 43.5. The second kappa shape index (κ2) is 8.12. The molecule has 0 aromatic heterocycles. The number of carbonyl (C=O) groups excluding carboxylic acids is 2. The van der Waals surface area contributed by atoms with Gasteiger partial charge in [-0.15, -0.1) is 6.42 Å². The first-order valence-corrected chi connectivity index (χ1v) is 9.76. The van der Waals surface area contributed by atoms with Crippen molar-refractivity contribution in [3.8, 4) is 18.1 Å². The molecule has 1 aromatic carbocycles. The smallest absolute Gasteiger partial charge is 0.409 e. The van der Waals surface area contributed by atoms with E-state index in [1.165, 1.54) is 9.80 Å². The van der Waals surface area contributed by atoms with Gasteiger partial charge in [-0.05, 0) is 24.3 Å². The van der Waals surface area contributed by atoms with Crippen molar-refractivity contribution in [3.05, 3.63) is 24.3 Å². The van der Waals surface area contributed by atoms with Crippen molar-refractivity contribution >= 4 is 23.7 Å². The second-order valence-corrected chi connectivity index (χ2v) is 7.29. The van der Waals surface area contributed by atoms with Crippen molar-refractivity contribution in [1.82, 2.24) is 20.0 Å². The van der Waals surface area contributed by atoms with Crippen LogP contribution in [-0.2, 0) is 4.79 Å². The summed E-state index contributed by atoms with van der Waals surface area (Å²) < 4.78 is 5.38. The Bertz CT molecular complexity index is 859. The Labute approximate surface area is 174 Å². The molecule has 0 spiro atoms. The number of terminal acetylenes is 1. The normalized spacial score (nSPS) is 24.0. The fourth-order valence-electron chi connectivity index (χ4n) is 4.14. The molecule has 30 heavy (non-hydrogen) atoms. The molecule has 10 nitrogen and oxygen atoms in total. The Hall–Kier alpha value is -3.45. The summed E-state index contributed by atoms with van der Waals surface area (Å²) in [6.45, 7) is 2.40. The number of hydrogen-bond donors (Lipinski definition) is 2. The highest BCUT2D eigenvalue weighted by atomic mass is 16.5. The van der Waals surface area contributed by atoms with Crippen molar-refractivity contribution < 1.29 is 24.2 Å². The SMILES string of the molecule is C#CCOc1ccc(N2CCN(C(=O)O)[C@H](N3C(=O)C4CNCCN4C3=O)C2)cc1. The summed E-state index contributed by atoms with van der Waals surface area (Å²) in [5.41, 5.74) is 0.844. The first-order valence-electron chi connectivity index (χ1n) is 9.76. The highest BCUT2D eigenvalue weighted by Crippen LogP contribution is 2.28. The summed E-state index contributed by atoms with van der Waals surface area (Å²) in [7, 11) is 0. The molecule has 3 saturated heterocycles. The standard InChI is InChI=1S/C20H23N5O5/c1-2-11-30-15-5-3-14(4-6-15)22-9-10-24(20(28)29)17(13-22)25-18(26)16-12-21-7-8-23(16)19(25)27/h1,3-6,16-17,21H,7-13H2,(H,28,29)/t16?,17-/m1/s1. The van der Waals surface area contributed by atoms with E-state index in [9.17, 15) is 19.5 Å². The van der Waals surface area contributed by atoms with E-state index in [0.29, 0.717) is 31.9 Å². The minimum atomic E-state index is -1.15. The van der Waals surface area contributed by atoms with Crippen molar-refractivity contribution in [2.75, 3.05) is 50.8 Å². The average molecular weight is 413 g/mol. The Kier molecular flexibility index (Phi) is 5.37. The molecule has 10 heteroatoms. The number of nitrogens with zero attached hydrogens (tertiary/aromatic N) is 4. The van der Waals surface area contributed by atoms with Gasteiger partial charge in [0.25, 0.3) is 5.91 Å². The number of piperazine rings is 2. The van der Waals surface area contributed by atoms with Crippen LogP contribution >= 0.6 is 0 Å². The monoisotopic (exact) mass is 413 g/mol. The molecule has 0 saturated carbocycles. The Morgan fingerprint density at radius 1 is 1.23 bits per heavy atom. The number of anilines is 1. The molecule has 4 amide bonds. The lowest BCUT2D eigenvalue weighted by molar-refractivity contribution is -0.132. The van der Waals surface area contributed by atoms with Gasteiger partial charge in [-0.3, -0.25) is 9.69 Å². The molecule has 1 aromatic rings. The van der Waals surface area contributed by atoms with E-state index >= 15 is 0 Å². The molecule has 0 radical (unpaired) electrons. The fourth-order valence-corrected chi connectivity index (χ4v) is 4.14. The van der Waals surface area contributed by atoms with Gasteiger partial charge >= 0.3 is 12.1 Å². The van der Waals surface area contributed by atoms with E-state index in [1.807, 2.05) is 17.0 Å². The lowest BCUT2D eigenvalue weighted by Crippen LogP contribution is -2.63. The van der Waals surface area contributed by atoms with Crippen LogP contribution in [0.3, 0.4) is 0 Å². The van der Waals surface area contributed by atoms with Crippen LogP contribution in [0.4, 0.5) is 15.3 Å². The molecule has 2 atom stereocenters. The van der Waals surface area contributed by atoms with Crippen molar-refractivity contribution in [1.29, 1.82) is 0 Å². The summed E-state index contributed by atoms with van der Waals surface area (Å²) in [5.74, 6) is 2.68. The molecule has 158 valence electrons. The molecule has 3 aliphatic heterocycles. The minimum absolute atomic E-state index is 0.171. The van der Waals surface area contributed by atoms with Crippen LogP contribution < -0.4 is 15.0 Å². The largest absolute Gasteiger partial charge is 0.481 e. The van der Waals surface area contributed by atoms with Crippen LogP contribution in [0.2, 0.25) is 0 Å². The van der Waals surface area contributed by atoms with Crippen LogP contribution in [0.15, 0.2) is 24.3 Å². The van der Waals surface area contributed by atoms with Crippen molar-refractivity contribution in [3.63, 3.8) is 0 Å². The van der Waals surface area contributed by atoms with E-state index in [4.69, 9.17) is 11.2 Å². The predicted octanol–water partition coefficient (Wildman–Crippen LogP) is 0.0607. The number of fused-ring (bicyclic) bond motifs is 1. The molecule has 3 heterocycles. The van der Waals surface area contributed by atoms with Crippen LogP contribution in [0.1, 0.15) is 0 Å². The highest BCUT2D eigenvalue weighted by Gasteiger charge is 2.51. The third-order valence-corrected chi connectivity index (χ3v) is 5.64. The van der Waals surface area contributed by atoms with Gasteiger partial charge in [0.1, 0.15) is 24.6 Å². The number of amides is 4. The lowest BCUT2D eigenvalue weighted by Gasteiger charge is -2.43. The predicted molar refractivity (Wildman–Crippen MR) is 107 cm³/mol. The molecular formula is C20H23N5O5. The van der Waals surface area contributed by atoms with E-state index in [-0.39, 0.29) is 25.6 Å². The molecule has 4 rings (SSSR count). The van der Waals surface area contributed by atoms with E-state index < -0.39 is 24.3 Å². The quantitative estimate of drug-likeness (QED) is 0.531. The summed E-state index contributed by atoms with van der Waals surface area (Å²) >= 11 is 0. The maximum Gasteiger partial charge on any atom is 0.409 e. The number of carboxylic acid groups (broad SMARTS) is 1. The van der Waals surface area contributed by atoms with Gasteiger partial charge in [0, 0.05) is 38.4 Å². The van der Waals surface area contributed by atoms with Gasteiger partial charge in [0.2, 0.25) is 0 Å². The zero-order chi connectivity index (χ0) is 21.3. The van der Waals surface area contributed by atoms with Crippen molar-refractivity contribution in [2.45, 2.75) is 12.2 Å². The number of ether oxygens (including phenoxy) is 1. The zero-order valence-electron chi connectivity index (χ0n) is 16.4. The average Bonchev–Trinajstić information content (AvgIpc) is 3.02. The molecule has 2 N–H and O–H groups in total. The molecular weight excluding hydrogens is 390 g/mol. The first-order chi connectivity index (χ1) is 14.5. The molecule has 3 fully saturated rings. The van der Waals surface area contributed by atoms with Gasteiger partial charge in [-0.2, -0.15) is 0 Å². The van der Waals surface area contributed by atoms with Crippen LogP contribution in [0.5, 0.6) is 5.75 Å². The molecule has 3 aliphatic rings. The Morgan fingerprint density at radius 3 is 2.67 bits per heavy atom. The third kappa shape index (κ3) is 3.48. The number of carbonyl (C=O) groups is 3. The summed E-state index contributed by atoms with van der Waals surface area (Å²) in [6.07, 6.45) is 3.16. The van der Waals surface area contributed by atoms with Crippen LogP contribution in [0, 0.1) is 12.3 Å². The minimum Gasteiger partial charge on any atom is -0.481 e. The first kappa shape index (κ1) is 19.8. The number of imide groups is 1. The van der Waals surface area contributed by atoms with Gasteiger partial charge < -0.3 is 25.0 Å². The maximum atomic E-state index is 13.0. The van der Waals surface area contributed by atoms with Gasteiger partial charge in [-0.25, -0.2) is 14.5 Å². The number of nitrogens with one attached hydrogen (secondary N) is 1. The van der Waals surface area contributed by atoms with Crippen LogP contribution in [0.25, 0.3) is 0 Å². The second-order valence-electron chi connectivity index (χ2n) is 7.29. The van der Waals surface area contributed by atoms with Gasteiger partial charge in [-0.1, -0.05) is 5.92 Å².